The average Bonchev–Trinajstić information content (AvgIpc) is 2.94. The zero-order chi connectivity index (χ0) is 15.7. The fraction of sp³-hybridized carbons (Fsp3) is 0.412. The molecule has 2 atom stereocenters. The number of ether oxygens (including phenoxy) is 1. The van der Waals surface area contributed by atoms with Gasteiger partial charge in [-0.1, -0.05) is 42.5 Å². The normalized spacial score (nSPS) is 22.5. The molecule has 3 rings (SSSR count). The number of hydrogen-bond acceptors (Lipinski definition) is 3. The molecule has 1 fully saturated rings. The quantitative estimate of drug-likeness (QED) is 0.870. The number of hydrogen-bond donors (Lipinski definition) is 0. The van der Waals surface area contributed by atoms with Crippen LogP contribution in [0.1, 0.15) is 18.9 Å². The van der Waals surface area contributed by atoms with Crippen LogP contribution in [0.4, 0.5) is 0 Å². The van der Waals surface area contributed by atoms with Crippen molar-refractivity contribution in [1.82, 2.24) is 4.31 Å². The second-order valence-electron chi connectivity index (χ2n) is 5.84. The minimum atomic E-state index is -3.35. The summed E-state index contributed by atoms with van der Waals surface area (Å²) >= 11 is 0. The van der Waals surface area contributed by atoms with E-state index in [0.29, 0.717) is 19.6 Å². The number of rotatable bonds is 4. The number of benzene rings is 2. The Hall–Kier alpha value is -1.43. The molecule has 2 aromatic rings. The van der Waals surface area contributed by atoms with E-state index in [1.165, 1.54) is 4.31 Å². The summed E-state index contributed by atoms with van der Waals surface area (Å²) in [6, 6.07) is 14.0. The molecule has 4 nitrogen and oxygen atoms in total. The van der Waals surface area contributed by atoms with Gasteiger partial charge in [0, 0.05) is 20.2 Å². The van der Waals surface area contributed by atoms with Crippen LogP contribution in [0.15, 0.2) is 42.5 Å². The molecule has 1 aliphatic rings. The summed E-state index contributed by atoms with van der Waals surface area (Å²) in [6.07, 6.45) is 0.337. The molecule has 0 saturated carbocycles. The van der Waals surface area contributed by atoms with E-state index in [9.17, 15) is 8.42 Å². The highest BCUT2D eigenvalue weighted by molar-refractivity contribution is 7.89. The maximum atomic E-state index is 12.7. The third-order valence-corrected chi connectivity index (χ3v) is 6.78. The summed E-state index contributed by atoms with van der Waals surface area (Å²) in [5, 5.41) is 1.79. The first-order valence-electron chi connectivity index (χ1n) is 7.53. The number of nitrogens with zero attached hydrogens (tertiary/aromatic N) is 1. The van der Waals surface area contributed by atoms with Gasteiger partial charge in [-0.15, -0.1) is 0 Å². The van der Waals surface area contributed by atoms with E-state index in [2.05, 4.69) is 0 Å². The van der Waals surface area contributed by atoms with Crippen LogP contribution < -0.4 is 0 Å². The van der Waals surface area contributed by atoms with Crippen LogP contribution in [-0.4, -0.2) is 37.7 Å². The third-order valence-electron chi connectivity index (χ3n) is 4.40. The minimum absolute atomic E-state index is 0.236. The first-order chi connectivity index (χ1) is 10.5. The fourth-order valence-electron chi connectivity index (χ4n) is 3.09. The predicted octanol–water partition coefficient (Wildman–Crippen LogP) is 2.78. The minimum Gasteiger partial charge on any atom is -0.377 e. The van der Waals surface area contributed by atoms with Gasteiger partial charge in [-0.3, -0.25) is 0 Å². The standard InChI is InChI=1S/C17H21NO3S/c1-13-17(10-11-21-13)22(19,20)18(2)12-15-8-5-7-14-6-3-4-9-16(14)15/h3-9,13,17H,10-12H2,1-2H3/t13-,17+/m1/s1. The maximum Gasteiger partial charge on any atom is 0.219 e. The monoisotopic (exact) mass is 319 g/mol. The Morgan fingerprint density at radius 2 is 1.91 bits per heavy atom. The molecule has 0 aromatic heterocycles. The van der Waals surface area contributed by atoms with E-state index in [-0.39, 0.29) is 6.10 Å². The van der Waals surface area contributed by atoms with Crippen molar-refractivity contribution >= 4 is 20.8 Å². The largest absolute Gasteiger partial charge is 0.377 e. The molecule has 5 heteroatoms. The van der Waals surface area contributed by atoms with Gasteiger partial charge in [-0.25, -0.2) is 12.7 Å². The van der Waals surface area contributed by atoms with E-state index in [1.807, 2.05) is 49.4 Å². The summed E-state index contributed by atoms with van der Waals surface area (Å²) in [5.74, 6) is 0. The van der Waals surface area contributed by atoms with Crippen molar-refractivity contribution in [3.63, 3.8) is 0 Å². The van der Waals surface area contributed by atoms with Crippen LogP contribution in [0, 0.1) is 0 Å². The molecule has 2 aromatic carbocycles. The Labute approximate surface area is 131 Å². The summed E-state index contributed by atoms with van der Waals surface area (Å²) in [6.45, 7) is 2.74. The molecule has 0 bridgehead atoms. The second kappa shape index (κ2) is 5.99. The van der Waals surface area contributed by atoms with Gasteiger partial charge in [-0.05, 0) is 29.7 Å². The molecule has 0 spiro atoms. The fourth-order valence-corrected chi connectivity index (χ4v) is 4.83. The van der Waals surface area contributed by atoms with Crippen molar-refractivity contribution in [3.8, 4) is 0 Å². The van der Waals surface area contributed by atoms with Crippen molar-refractivity contribution in [2.45, 2.75) is 31.2 Å². The molecule has 0 unspecified atom stereocenters. The molecular weight excluding hydrogens is 298 g/mol. The van der Waals surface area contributed by atoms with E-state index in [1.54, 1.807) is 7.05 Å². The third kappa shape index (κ3) is 2.76. The number of sulfonamides is 1. The van der Waals surface area contributed by atoms with Gasteiger partial charge in [0.15, 0.2) is 0 Å². The molecule has 1 aliphatic heterocycles. The highest BCUT2D eigenvalue weighted by Gasteiger charge is 2.38. The highest BCUT2D eigenvalue weighted by Crippen LogP contribution is 2.26. The molecule has 118 valence electrons. The highest BCUT2D eigenvalue weighted by atomic mass is 32.2. The van der Waals surface area contributed by atoms with Crippen LogP contribution in [-0.2, 0) is 21.3 Å². The van der Waals surface area contributed by atoms with Crippen molar-refractivity contribution in [1.29, 1.82) is 0 Å². The van der Waals surface area contributed by atoms with Gasteiger partial charge in [0.2, 0.25) is 10.0 Å². The molecule has 1 saturated heterocycles. The molecule has 0 radical (unpaired) electrons. The second-order valence-corrected chi connectivity index (χ2v) is 8.10. The van der Waals surface area contributed by atoms with Crippen molar-refractivity contribution in [3.05, 3.63) is 48.0 Å². The smallest absolute Gasteiger partial charge is 0.219 e. The average molecular weight is 319 g/mol. The van der Waals surface area contributed by atoms with E-state index >= 15 is 0 Å². The summed E-state index contributed by atoms with van der Waals surface area (Å²) in [4.78, 5) is 0. The maximum absolute atomic E-state index is 12.7. The van der Waals surface area contributed by atoms with Gasteiger partial charge in [0.1, 0.15) is 5.25 Å². The van der Waals surface area contributed by atoms with Crippen molar-refractivity contribution in [2.24, 2.45) is 0 Å². The lowest BCUT2D eigenvalue weighted by Crippen LogP contribution is -2.39. The van der Waals surface area contributed by atoms with E-state index in [0.717, 1.165) is 16.3 Å². The molecule has 1 heterocycles. The molecule has 0 aliphatic carbocycles. The Balaban J connectivity index is 1.88. The summed E-state index contributed by atoms with van der Waals surface area (Å²) < 4.78 is 32.3. The SMILES string of the molecule is C[C@H]1OCC[C@@H]1S(=O)(=O)N(C)Cc1cccc2ccccc12. The Bertz CT molecular complexity index is 767. The van der Waals surface area contributed by atoms with E-state index < -0.39 is 15.3 Å². The summed E-state index contributed by atoms with van der Waals surface area (Å²) in [5.41, 5.74) is 1.02. The van der Waals surface area contributed by atoms with Gasteiger partial charge in [-0.2, -0.15) is 0 Å². The molecule has 22 heavy (non-hydrogen) atoms. The molecular formula is C17H21NO3S. The zero-order valence-electron chi connectivity index (χ0n) is 12.9. The van der Waals surface area contributed by atoms with Crippen LogP contribution in [0.25, 0.3) is 10.8 Å². The summed E-state index contributed by atoms with van der Waals surface area (Å²) in [7, 11) is -1.69. The zero-order valence-corrected chi connectivity index (χ0v) is 13.7. The molecule has 0 N–H and O–H groups in total. The Morgan fingerprint density at radius 3 is 2.64 bits per heavy atom. The Kier molecular flexibility index (Phi) is 4.21. The lowest BCUT2D eigenvalue weighted by molar-refractivity contribution is 0.125. The van der Waals surface area contributed by atoms with Gasteiger partial charge >= 0.3 is 0 Å². The van der Waals surface area contributed by atoms with Crippen LogP contribution in [0.3, 0.4) is 0 Å². The first-order valence-corrected chi connectivity index (χ1v) is 9.04. The van der Waals surface area contributed by atoms with Crippen molar-refractivity contribution < 1.29 is 13.2 Å². The van der Waals surface area contributed by atoms with Crippen LogP contribution in [0.5, 0.6) is 0 Å². The van der Waals surface area contributed by atoms with Crippen LogP contribution in [0.2, 0.25) is 0 Å². The van der Waals surface area contributed by atoms with Gasteiger partial charge in [0.25, 0.3) is 0 Å². The van der Waals surface area contributed by atoms with Crippen LogP contribution >= 0.6 is 0 Å². The predicted molar refractivity (Wildman–Crippen MR) is 88.2 cm³/mol. The lowest BCUT2D eigenvalue weighted by atomic mass is 10.0. The topological polar surface area (TPSA) is 46.6 Å². The van der Waals surface area contributed by atoms with Gasteiger partial charge < -0.3 is 4.74 Å². The lowest BCUT2D eigenvalue weighted by Gasteiger charge is -2.23. The molecule has 0 amide bonds. The van der Waals surface area contributed by atoms with Gasteiger partial charge in [0.05, 0.1) is 6.10 Å². The Morgan fingerprint density at radius 1 is 1.18 bits per heavy atom. The first kappa shape index (κ1) is 15.5. The number of fused-ring (bicyclic) bond motifs is 1. The van der Waals surface area contributed by atoms with E-state index in [4.69, 9.17) is 4.74 Å². The van der Waals surface area contributed by atoms with Crippen molar-refractivity contribution in [2.75, 3.05) is 13.7 Å².